The number of isothiocyanates is 1. The van der Waals surface area contributed by atoms with Crippen molar-refractivity contribution in [3.8, 4) is 23.0 Å². The molecule has 0 aromatic heterocycles. The summed E-state index contributed by atoms with van der Waals surface area (Å²) in [6.07, 6.45) is 7.03. The molecule has 0 fully saturated rings. The van der Waals surface area contributed by atoms with Crippen LogP contribution in [0.15, 0.2) is 77.3 Å². The molecule has 0 heterocycles. The quantitative estimate of drug-likeness (QED) is 0.183. The Kier molecular flexibility index (Phi) is 6.48. The van der Waals surface area contributed by atoms with Crippen molar-refractivity contribution >= 4 is 23.1 Å². The van der Waals surface area contributed by atoms with Crippen molar-refractivity contribution in [3.63, 3.8) is 0 Å². The summed E-state index contributed by atoms with van der Waals surface area (Å²) in [5.41, 5.74) is 4.95. The van der Waals surface area contributed by atoms with E-state index in [1.54, 1.807) is 24.3 Å². The Bertz CT molecular complexity index is 1220. The second kappa shape index (κ2) is 9.62. The molecule has 0 N–H and O–H groups in total. The van der Waals surface area contributed by atoms with E-state index in [1.807, 2.05) is 12.1 Å². The summed E-state index contributed by atoms with van der Waals surface area (Å²) in [5.74, 6) is 4.85. The zero-order valence-corrected chi connectivity index (χ0v) is 17.6. The third-order valence-corrected chi connectivity index (χ3v) is 5.34. The van der Waals surface area contributed by atoms with Gasteiger partial charge in [0.1, 0.15) is 11.6 Å². The van der Waals surface area contributed by atoms with E-state index in [0.717, 1.165) is 29.7 Å². The Morgan fingerprint density at radius 2 is 1.48 bits per heavy atom. The molecule has 0 atom stereocenters. The van der Waals surface area contributed by atoms with E-state index in [0.29, 0.717) is 5.56 Å². The van der Waals surface area contributed by atoms with Crippen LogP contribution >= 0.6 is 12.2 Å². The first-order valence-corrected chi connectivity index (χ1v) is 10.5. The first-order valence-electron chi connectivity index (χ1n) is 10.1. The van der Waals surface area contributed by atoms with Crippen molar-refractivity contribution in [1.82, 2.24) is 0 Å². The Balaban J connectivity index is 1.48. The van der Waals surface area contributed by atoms with Crippen molar-refractivity contribution in [2.45, 2.75) is 25.7 Å². The minimum Gasteiger partial charge on any atom is -0.206 e. The molecule has 1 nitrogen and oxygen atoms in total. The van der Waals surface area contributed by atoms with Gasteiger partial charge in [-0.05, 0) is 73.3 Å². The standard InChI is InChI=1S/C27H19F2NS/c28-25-16-24(30-18-31)17-26(29)27(25)23-13-11-20(12-14-23)6-5-19-7-9-22(10-8-19)15-21-3-1-2-4-21/h3,7-14,16-17H,1-2,4,15H2. The molecule has 1 aliphatic rings. The molecule has 0 bridgehead atoms. The van der Waals surface area contributed by atoms with Gasteiger partial charge in [-0.15, -0.1) is 0 Å². The van der Waals surface area contributed by atoms with Gasteiger partial charge in [0.25, 0.3) is 0 Å². The van der Waals surface area contributed by atoms with Gasteiger partial charge in [0, 0.05) is 23.3 Å². The lowest BCUT2D eigenvalue weighted by Crippen LogP contribution is -1.90. The summed E-state index contributed by atoms with van der Waals surface area (Å²) in [6, 6.07) is 17.4. The summed E-state index contributed by atoms with van der Waals surface area (Å²) in [4.78, 5) is 3.62. The first kappa shape index (κ1) is 20.9. The maximum atomic E-state index is 14.4. The predicted molar refractivity (Wildman–Crippen MR) is 125 cm³/mol. The Hall–Kier alpha value is -3.38. The lowest BCUT2D eigenvalue weighted by Gasteiger charge is -2.06. The second-order valence-electron chi connectivity index (χ2n) is 7.44. The minimum absolute atomic E-state index is 0.0993. The number of hydrogen-bond acceptors (Lipinski definition) is 2. The minimum atomic E-state index is -0.698. The van der Waals surface area contributed by atoms with Crippen LogP contribution in [-0.2, 0) is 6.42 Å². The fourth-order valence-electron chi connectivity index (χ4n) is 3.68. The molecule has 0 spiro atoms. The number of thiocarbonyl (C=S) groups is 1. The van der Waals surface area contributed by atoms with Crippen molar-refractivity contribution in [1.29, 1.82) is 0 Å². The highest BCUT2D eigenvalue weighted by Gasteiger charge is 2.13. The Morgan fingerprint density at radius 3 is 2.03 bits per heavy atom. The summed E-state index contributed by atoms with van der Waals surface area (Å²) >= 11 is 4.48. The molecule has 3 aromatic rings. The van der Waals surface area contributed by atoms with E-state index in [1.165, 1.54) is 30.4 Å². The van der Waals surface area contributed by atoms with Gasteiger partial charge in [-0.3, -0.25) is 0 Å². The summed E-state index contributed by atoms with van der Waals surface area (Å²) in [5, 5.41) is 2.11. The van der Waals surface area contributed by atoms with Crippen LogP contribution in [-0.4, -0.2) is 5.16 Å². The Morgan fingerprint density at radius 1 is 0.871 bits per heavy atom. The normalized spacial score (nSPS) is 12.5. The zero-order chi connectivity index (χ0) is 21.6. The van der Waals surface area contributed by atoms with E-state index in [9.17, 15) is 8.78 Å². The van der Waals surface area contributed by atoms with Gasteiger partial charge in [0.2, 0.25) is 0 Å². The van der Waals surface area contributed by atoms with E-state index in [-0.39, 0.29) is 11.3 Å². The lowest BCUT2D eigenvalue weighted by molar-refractivity contribution is 0.590. The van der Waals surface area contributed by atoms with Crippen molar-refractivity contribution in [2.75, 3.05) is 0 Å². The van der Waals surface area contributed by atoms with Crippen LogP contribution in [0.25, 0.3) is 11.1 Å². The van der Waals surface area contributed by atoms with E-state index >= 15 is 0 Å². The molecule has 0 radical (unpaired) electrons. The van der Waals surface area contributed by atoms with Gasteiger partial charge < -0.3 is 0 Å². The van der Waals surface area contributed by atoms with Crippen LogP contribution in [0.1, 0.15) is 36.0 Å². The molecule has 31 heavy (non-hydrogen) atoms. The highest BCUT2D eigenvalue weighted by atomic mass is 32.1. The molecular weight excluding hydrogens is 408 g/mol. The number of aliphatic imine (C=N–C) groups is 1. The largest absolute Gasteiger partial charge is 0.206 e. The molecule has 4 rings (SSSR count). The number of benzene rings is 3. The third kappa shape index (κ3) is 5.22. The predicted octanol–water partition coefficient (Wildman–Crippen LogP) is 7.42. The molecule has 4 heteroatoms. The number of allylic oxidation sites excluding steroid dienone is 2. The molecule has 0 amide bonds. The SMILES string of the molecule is Fc1cc(N=C=S)cc(F)c1-c1ccc(C#Cc2ccc(CC3=CCCC3)cc2)cc1. The summed E-state index contributed by atoms with van der Waals surface area (Å²) in [6.45, 7) is 0. The lowest BCUT2D eigenvalue weighted by atomic mass is 10.0. The maximum absolute atomic E-state index is 14.4. The van der Waals surface area contributed by atoms with E-state index < -0.39 is 11.6 Å². The average molecular weight is 428 g/mol. The monoisotopic (exact) mass is 427 g/mol. The van der Waals surface area contributed by atoms with Crippen LogP contribution in [0, 0.1) is 23.5 Å². The number of rotatable bonds is 4. The van der Waals surface area contributed by atoms with E-state index in [4.69, 9.17) is 0 Å². The molecule has 0 saturated carbocycles. The van der Waals surface area contributed by atoms with Crippen LogP contribution in [0.4, 0.5) is 14.5 Å². The van der Waals surface area contributed by atoms with Crippen LogP contribution < -0.4 is 0 Å². The van der Waals surface area contributed by atoms with Crippen molar-refractivity contribution < 1.29 is 8.78 Å². The first-order chi connectivity index (χ1) is 15.1. The van der Waals surface area contributed by atoms with Crippen LogP contribution in [0.3, 0.4) is 0 Å². The number of nitrogens with zero attached hydrogens (tertiary/aromatic N) is 1. The summed E-state index contributed by atoms with van der Waals surface area (Å²) < 4.78 is 28.7. The third-order valence-electron chi connectivity index (χ3n) is 5.25. The molecule has 152 valence electrons. The average Bonchev–Trinajstić information content (AvgIpc) is 3.27. The van der Waals surface area contributed by atoms with Crippen LogP contribution in [0.2, 0.25) is 0 Å². The highest BCUT2D eigenvalue weighted by Crippen LogP contribution is 2.30. The van der Waals surface area contributed by atoms with Crippen molar-refractivity contribution in [2.24, 2.45) is 4.99 Å². The van der Waals surface area contributed by atoms with Crippen molar-refractivity contribution in [3.05, 3.63) is 101 Å². The van der Waals surface area contributed by atoms with Gasteiger partial charge in [-0.1, -0.05) is 47.8 Å². The maximum Gasteiger partial charge on any atom is 0.136 e. The highest BCUT2D eigenvalue weighted by molar-refractivity contribution is 7.78. The van der Waals surface area contributed by atoms with Gasteiger partial charge in [0.05, 0.1) is 16.4 Å². The van der Waals surface area contributed by atoms with Gasteiger partial charge in [-0.2, -0.15) is 4.99 Å². The van der Waals surface area contributed by atoms with Gasteiger partial charge >= 0.3 is 0 Å². The van der Waals surface area contributed by atoms with Gasteiger partial charge in [-0.25, -0.2) is 8.78 Å². The molecule has 0 saturated heterocycles. The molecule has 1 aliphatic carbocycles. The Labute approximate surface area is 186 Å². The second-order valence-corrected chi connectivity index (χ2v) is 7.63. The molecule has 3 aromatic carbocycles. The fourth-order valence-corrected chi connectivity index (χ4v) is 3.79. The molecule has 0 unspecified atom stereocenters. The fraction of sp³-hybridized carbons (Fsp3) is 0.148. The van der Waals surface area contributed by atoms with E-state index in [2.05, 4.69) is 52.4 Å². The topological polar surface area (TPSA) is 12.4 Å². The summed E-state index contributed by atoms with van der Waals surface area (Å²) in [7, 11) is 0. The van der Waals surface area contributed by atoms with Crippen LogP contribution in [0.5, 0.6) is 0 Å². The zero-order valence-electron chi connectivity index (χ0n) is 16.8. The number of hydrogen-bond donors (Lipinski definition) is 0. The molecular formula is C27H19F2NS. The molecule has 0 aliphatic heterocycles. The smallest absolute Gasteiger partial charge is 0.136 e. The number of halogens is 2. The van der Waals surface area contributed by atoms with Gasteiger partial charge in [0.15, 0.2) is 0 Å².